The van der Waals surface area contributed by atoms with E-state index in [9.17, 15) is 4.79 Å². The van der Waals surface area contributed by atoms with Crippen LogP contribution in [0.15, 0.2) is 53.2 Å². The highest BCUT2D eigenvalue weighted by Gasteiger charge is 2.28. The minimum atomic E-state index is -1.26. The van der Waals surface area contributed by atoms with Gasteiger partial charge in [0.2, 0.25) is 5.82 Å². The van der Waals surface area contributed by atoms with Crippen LogP contribution in [-0.4, -0.2) is 51.7 Å². The second-order valence-corrected chi connectivity index (χ2v) is 8.92. The molecule has 9 nitrogen and oxygen atoms in total. The van der Waals surface area contributed by atoms with E-state index in [-0.39, 0.29) is 12.2 Å². The number of nitrogens with zero attached hydrogens (tertiary/aromatic N) is 4. The molecule has 2 aromatic carbocycles. The van der Waals surface area contributed by atoms with Crippen LogP contribution < -0.4 is 9.64 Å². The summed E-state index contributed by atoms with van der Waals surface area (Å²) in [7, 11) is 0. The third-order valence-corrected chi connectivity index (χ3v) is 6.00. The molecule has 3 heterocycles. The average molecular weight is 495 g/mol. The Morgan fingerprint density at radius 1 is 1.23 bits per heavy atom. The maximum absolute atomic E-state index is 10.9. The first-order chi connectivity index (χ1) is 16.9. The highest BCUT2D eigenvalue weighted by Crippen LogP contribution is 2.35. The van der Waals surface area contributed by atoms with Gasteiger partial charge in [0, 0.05) is 35.7 Å². The molecule has 0 amide bonds. The van der Waals surface area contributed by atoms with Gasteiger partial charge in [0.25, 0.3) is 5.89 Å². The van der Waals surface area contributed by atoms with Crippen LogP contribution in [-0.2, 0) is 4.74 Å². The van der Waals surface area contributed by atoms with Gasteiger partial charge >= 0.3 is 6.16 Å². The van der Waals surface area contributed by atoms with E-state index in [1.807, 2.05) is 49.1 Å². The summed E-state index contributed by atoms with van der Waals surface area (Å²) in [5.74, 6) is 2.14. The minimum Gasteiger partial charge on any atom is -0.489 e. The molecule has 1 saturated heterocycles. The number of carboxylic acid groups (broad SMARTS) is 1. The molecule has 5 rings (SSSR count). The second kappa shape index (κ2) is 9.42. The van der Waals surface area contributed by atoms with E-state index in [0.717, 1.165) is 22.2 Å². The van der Waals surface area contributed by atoms with Crippen molar-refractivity contribution in [1.82, 2.24) is 15.1 Å². The van der Waals surface area contributed by atoms with Gasteiger partial charge < -0.3 is 24.0 Å². The molecule has 1 atom stereocenters. The zero-order chi connectivity index (χ0) is 24.5. The SMILES string of the molecule is CC(C)Oc1ccc(-c2nc(-c3cccc4c(N5CCC(OC(=O)O)C5)nccc34)no2)cc1Cl. The van der Waals surface area contributed by atoms with Crippen LogP contribution in [0.25, 0.3) is 33.6 Å². The Bertz CT molecular complexity index is 1390. The summed E-state index contributed by atoms with van der Waals surface area (Å²) in [5, 5.41) is 15.4. The molecule has 1 fully saturated rings. The summed E-state index contributed by atoms with van der Waals surface area (Å²) in [6.07, 6.45) is 0.705. The van der Waals surface area contributed by atoms with Gasteiger partial charge in [0.05, 0.1) is 17.7 Å². The molecule has 0 radical (unpaired) electrons. The zero-order valence-electron chi connectivity index (χ0n) is 19.1. The molecule has 1 N–H and O–H groups in total. The second-order valence-electron chi connectivity index (χ2n) is 8.51. The number of carbonyl (C=O) groups is 1. The van der Waals surface area contributed by atoms with Gasteiger partial charge in [-0.3, -0.25) is 0 Å². The van der Waals surface area contributed by atoms with Gasteiger partial charge in [-0.15, -0.1) is 0 Å². The highest BCUT2D eigenvalue weighted by molar-refractivity contribution is 6.32. The third-order valence-electron chi connectivity index (χ3n) is 5.71. The summed E-state index contributed by atoms with van der Waals surface area (Å²) < 4.78 is 16.2. The number of pyridine rings is 1. The van der Waals surface area contributed by atoms with Crippen LogP contribution in [0.2, 0.25) is 5.02 Å². The quantitative estimate of drug-likeness (QED) is 0.339. The lowest BCUT2D eigenvalue weighted by Crippen LogP contribution is -2.25. The molecular formula is C25H23ClN4O5. The summed E-state index contributed by atoms with van der Waals surface area (Å²) in [6, 6.07) is 13.1. The lowest BCUT2D eigenvalue weighted by molar-refractivity contribution is 0.0602. The topological polar surface area (TPSA) is 111 Å². The third kappa shape index (κ3) is 4.72. The number of ether oxygens (including phenoxy) is 2. The Hall–Kier alpha value is -3.85. The Balaban J connectivity index is 1.45. The zero-order valence-corrected chi connectivity index (χ0v) is 19.9. The Labute approximate surface area is 206 Å². The molecule has 1 aliphatic heterocycles. The number of hydrogen-bond acceptors (Lipinski definition) is 8. The van der Waals surface area contributed by atoms with Gasteiger partial charge in [-0.25, -0.2) is 9.78 Å². The fourth-order valence-corrected chi connectivity index (χ4v) is 4.46. The lowest BCUT2D eigenvalue weighted by atomic mass is 10.0. The van der Waals surface area contributed by atoms with Crippen molar-refractivity contribution >= 4 is 34.3 Å². The maximum atomic E-state index is 10.9. The summed E-state index contributed by atoms with van der Waals surface area (Å²) in [6.45, 7) is 4.97. The molecule has 35 heavy (non-hydrogen) atoms. The summed E-state index contributed by atoms with van der Waals surface area (Å²) in [5.41, 5.74) is 1.48. The van der Waals surface area contributed by atoms with E-state index in [1.165, 1.54) is 0 Å². The highest BCUT2D eigenvalue weighted by atomic mass is 35.5. The van der Waals surface area contributed by atoms with Crippen LogP contribution in [0.3, 0.4) is 0 Å². The number of halogens is 1. The molecule has 0 spiro atoms. The molecule has 0 saturated carbocycles. The standard InChI is InChI=1S/C25H23ClN4O5/c1-14(2)33-21-7-6-15(12-20(21)26)24-28-22(29-35-24)18-4-3-5-19-17(18)8-10-27-23(19)30-11-9-16(13-30)34-25(31)32/h3-8,10,12,14,16H,9,11,13H2,1-2H3,(H,31,32). The van der Waals surface area contributed by atoms with E-state index in [1.54, 1.807) is 18.3 Å². The first-order valence-electron chi connectivity index (χ1n) is 11.2. The normalized spacial score (nSPS) is 15.7. The van der Waals surface area contributed by atoms with E-state index in [4.69, 9.17) is 30.7 Å². The number of rotatable bonds is 6. The van der Waals surface area contributed by atoms with Crippen LogP contribution in [0, 0.1) is 0 Å². The molecule has 10 heteroatoms. The first-order valence-corrected chi connectivity index (χ1v) is 11.6. The Morgan fingerprint density at radius 2 is 2.09 bits per heavy atom. The van der Waals surface area contributed by atoms with E-state index < -0.39 is 6.16 Å². The molecular weight excluding hydrogens is 472 g/mol. The van der Waals surface area contributed by atoms with Crippen molar-refractivity contribution in [3.8, 4) is 28.6 Å². The van der Waals surface area contributed by atoms with Gasteiger partial charge in [0.1, 0.15) is 17.7 Å². The minimum absolute atomic E-state index is 0.00948. The molecule has 2 aromatic heterocycles. The molecule has 4 aromatic rings. The smallest absolute Gasteiger partial charge is 0.489 e. The number of hydrogen-bond donors (Lipinski definition) is 1. The monoisotopic (exact) mass is 494 g/mol. The van der Waals surface area contributed by atoms with Crippen LogP contribution in [0.4, 0.5) is 10.6 Å². The van der Waals surface area contributed by atoms with E-state index in [0.29, 0.717) is 47.6 Å². The van der Waals surface area contributed by atoms with Gasteiger partial charge in [-0.1, -0.05) is 35.0 Å². The molecule has 1 unspecified atom stereocenters. The Kier molecular flexibility index (Phi) is 6.17. The lowest BCUT2D eigenvalue weighted by Gasteiger charge is -2.19. The van der Waals surface area contributed by atoms with Crippen molar-refractivity contribution in [3.05, 3.63) is 53.7 Å². The number of anilines is 1. The number of aromatic nitrogens is 3. The number of benzene rings is 2. The fourth-order valence-electron chi connectivity index (χ4n) is 4.23. The van der Waals surface area contributed by atoms with Crippen LogP contribution >= 0.6 is 11.6 Å². The van der Waals surface area contributed by atoms with E-state index >= 15 is 0 Å². The van der Waals surface area contributed by atoms with Gasteiger partial charge in [-0.05, 0) is 43.5 Å². The van der Waals surface area contributed by atoms with Crippen molar-refractivity contribution in [2.24, 2.45) is 0 Å². The van der Waals surface area contributed by atoms with Crippen LogP contribution in [0.1, 0.15) is 20.3 Å². The first kappa shape index (κ1) is 22.9. The average Bonchev–Trinajstić information content (AvgIpc) is 3.49. The number of fused-ring (bicyclic) bond motifs is 1. The predicted molar refractivity (Wildman–Crippen MR) is 131 cm³/mol. The summed E-state index contributed by atoms with van der Waals surface area (Å²) >= 11 is 6.38. The van der Waals surface area contributed by atoms with Gasteiger partial charge in [0.15, 0.2) is 0 Å². The summed E-state index contributed by atoms with van der Waals surface area (Å²) in [4.78, 5) is 22.1. The fraction of sp³-hybridized carbons (Fsp3) is 0.280. The Morgan fingerprint density at radius 3 is 2.86 bits per heavy atom. The van der Waals surface area contributed by atoms with Crippen molar-refractivity contribution in [2.45, 2.75) is 32.5 Å². The predicted octanol–water partition coefficient (Wildman–Crippen LogP) is 5.67. The maximum Gasteiger partial charge on any atom is 0.506 e. The molecule has 180 valence electrons. The van der Waals surface area contributed by atoms with Crippen molar-refractivity contribution in [2.75, 3.05) is 18.0 Å². The molecule has 0 bridgehead atoms. The van der Waals surface area contributed by atoms with Gasteiger partial charge in [-0.2, -0.15) is 4.98 Å². The van der Waals surface area contributed by atoms with E-state index in [2.05, 4.69) is 15.1 Å². The van der Waals surface area contributed by atoms with Crippen molar-refractivity contribution in [3.63, 3.8) is 0 Å². The van der Waals surface area contributed by atoms with Crippen LogP contribution in [0.5, 0.6) is 5.75 Å². The molecule has 1 aliphatic rings. The molecule has 0 aliphatic carbocycles. The van der Waals surface area contributed by atoms with Crippen molar-refractivity contribution in [1.29, 1.82) is 0 Å². The largest absolute Gasteiger partial charge is 0.506 e. The van der Waals surface area contributed by atoms with Crippen molar-refractivity contribution < 1.29 is 23.9 Å².